The summed E-state index contributed by atoms with van der Waals surface area (Å²) in [5.41, 5.74) is -0.383. The fourth-order valence-corrected chi connectivity index (χ4v) is 2.00. The zero-order chi connectivity index (χ0) is 13.8. The van der Waals surface area contributed by atoms with Crippen molar-refractivity contribution in [3.8, 4) is 0 Å². The fourth-order valence-electron chi connectivity index (χ4n) is 2.00. The lowest BCUT2D eigenvalue weighted by atomic mass is 10.1. The Bertz CT molecular complexity index is 473. The van der Waals surface area contributed by atoms with E-state index in [1.165, 1.54) is 12.1 Å². The topological polar surface area (TPSA) is 47.6 Å². The van der Waals surface area contributed by atoms with E-state index in [9.17, 15) is 13.6 Å². The molecule has 104 valence electrons. The lowest BCUT2D eigenvalue weighted by molar-refractivity contribution is 0.0594. The van der Waals surface area contributed by atoms with Crippen molar-refractivity contribution in [3.05, 3.63) is 29.3 Å². The van der Waals surface area contributed by atoms with Crippen molar-refractivity contribution in [3.63, 3.8) is 0 Å². The first-order chi connectivity index (χ1) is 9.13. The minimum absolute atomic E-state index is 0.0284. The molecule has 0 aromatic heterocycles. The van der Waals surface area contributed by atoms with Gasteiger partial charge in [-0.1, -0.05) is 0 Å². The maximum absolute atomic E-state index is 13.8. The van der Waals surface area contributed by atoms with E-state index in [0.717, 1.165) is 20.0 Å². The van der Waals surface area contributed by atoms with Crippen molar-refractivity contribution in [2.75, 3.05) is 25.6 Å². The lowest BCUT2D eigenvalue weighted by Crippen LogP contribution is -2.30. The molecule has 1 unspecified atom stereocenters. The number of halogens is 2. The van der Waals surface area contributed by atoms with Gasteiger partial charge in [0.1, 0.15) is 0 Å². The molecule has 1 heterocycles. The number of carbonyl (C=O) groups is 1. The van der Waals surface area contributed by atoms with Crippen molar-refractivity contribution in [1.82, 2.24) is 0 Å². The summed E-state index contributed by atoms with van der Waals surface area (Å²) in [5, 5.41) is 2.88. The van der Waals surface area contributed by atoms with Gasteiger partial charge in [-0.25, -0.2) is 13.6 Å². The molecule has 0 radical (unpaired) electrons. The second kappa shape index (κ2) is 5.97. The third-order valence-corrected chi connectivity index (χ3v) is 3.01. The van der Waals surface area contributed by atoms with E-state index in [4.69, 9.17) is 4.74 Å². The van der Waals surface area contributed by atoms with Crippen molar-refractivity contribution in [1.29, 1.82) is 0 Å². The van der Waals surface area contributed by atoms with E-state index in [1.807, 2.05) is 0 Å². The highest BCUT2D eigenvalue weighted by Crippen LogP contribution is 2.23. The number of esters is 1. The molecule has 1 fully saturated rings. The highest BCUT2D eigenvalue weighted by atomic mass is 19.2. The van der Waals surface area contributed by atoms with E-state index < -0.39 is 23.2 Å². The molecule has 4 nitrogen and oxygen atoms in total. The summed E-state index contributed by atoms with van der Waals surface area (Å²) in [4.78, 5) is 11.2. The Morgan fingerprint density at radius 3 is 2.84 bits per heavy atom. The van der Waals surface area contributed by atoms with Gasteiger partial charge in [-0.2, -0.15) is 0 Å². The summed E-state index contributed by atoms with van der Waals surface area (Å²) < 4.78 is 37.2. The minimum Gasteiger partial charge on any atom is -0.465 e. The molecular weight excluding hydrogens is 256 g/mol. The molecule has 0 spiro atoms. The smallest absolute Gasteiger partial charge is 0.340 e. The summed E-state index contributed by atoms with van der Waals surface area (Å²) >= 11 is 0. The van der Waals surface area contributed by atoms with Crippen molar-refractivity contribution in [2.45, 2.75) is 18.9 Å². The van der Waals surface area contributed by atoms with Gasteiger partial charge in [-0.05, 0) is 25.0 Å². The molecule has 6 heteroatoms. The molecule has 2 rings (SSSR count). The molecule has 1 aromatic carbocycles. The van der Waals surface area contributed by atoms with Crippen LogP contribution in [-0.2, 0) is 9.47 Å². The summed E-state index contributed by atoms with van der Waals surface area (Å²) in [5.74, 6) is -3.17. The molecule has 1 atom stereocenters. The van der Waals surface area contributed by atoms with Gasteiger partial charge in [0, 0.05) is 12.6 Å². The van der Waals surface area contributed by atoms with Gasteiger partial charge < -0.3 is 14.8 Å². The summed E-state index contributed by atoms with van der Waals surface area (Å²) in [6, 6.07) is 2.49. The van der Waals surface area contributed by atoms with Crippen molar-refractivity contribution >= 4 is 11.7 Å². The molecule has 1 aliphatic rings. The normalized spacial score (nSPS) is 19.0. The molecule has 19 heavy (non-hydrogen) atoms. The van der Waals surface area contributed by atoms with Crippen molar-refractivity contribution < 1.29 is 23.0 Å². The van der Waals surface area contributed by atoms with E-state index in [-0.39, 0.29) is 11.7 Å². The Balaban J connectivity index is 2.18. The van der Waals surface area contributed by atoms with Crippen LogP contribution in [0.25, 0.3) is 0 Å². The number of hydrogen-bond donors (Lipinski definition) is 1. The predicted octanol–water partition coefficient (Wildman–Crippen LogP) is 2.34. The highest BCUT2D eigenvalue weighted by molar-refractivity contribution is 5.90. The fraction of sp³-hybridized carbons (Fsp3) is 0.462. The van der Waals surface area contributed by atoms with Gasteiger partial charge in [0.15, 0.2) is 11.6 Å². The van der Waals surface area contributed by atoms with Crippen LogP contribution in [0.1, 0.15) is 23.2 Å². The van der Waals surface area contributed by atoms with E-state index >= 15 is 0 Å². The molecule has 1 saturated heterocycles. The average Bonchev–Trinajstić information content (AvgIpc) is 2.44. The second-order valence-corrected chi connectivity index (χ2v) is 4.34. The first-order valence-electron chi connectivity index (χ1n) is 6.04. The second-order valence-electron chi connectivity index (χ2n) is 4.34. The van der Waals surface area contributed by atoms with Gasteiger partial charge in [0.05, 0.1) is 25.0 Å². The number of hydrogen-bond acceptors (Lipinski definition) is 4. The van der Waals surface area contributed by atoms with Crippen LogP contribution in [0.5, 0.6) is 0 Å². The lowest BCUT2D eigenvalue weighted by Gasteiger charge is -2.24. The number of carbonyl (C=O) groups excluding carboxylic acids is 1. The third kappa shape index (κ3) is 3.01. The van der Waals surface area contributed by atoms with Crippen LogP contribution in [0.2, 0.25) is 0 Å². The summed E-state index contributed by atoms with van der Waals surface area (Å²) in [7, 11) is 1.12. The Morgan fingerprint density at radius 1 is 1.42 bits per heavy atom. The zero-order valence-corrected chi connectivity index (χ0v) is 10.5. The first-order valence-corrected chi connectivity index (χ1v) is 6.04. The average molecular weight is 271 g/mol. The number of rotatable bonds is 3. The summed E-state index contributed by atoms with van der Waals surface area (Å²) in [6.45, 7) is 1.15. The molecule has 0 bridgehead atoms. The Labute approximate surface area is 109 Å². The number of nitrogens with one attached hydrogen (secondary N) is 1. The largest absolute Gasteiger partial charge is 0.465 e. The SMILES string of the molecule is COC(=O)c1ccc(NC2CCCOC2)c(F)c1F. The van der Waals surface area contributed by atoms with Crippen LogP contribution >= 0.6 is 0 Å². The summed E-state index contributed by atoms with van der Waals surface area (Å²) in [6.07, 6.45) is 1.71. The Kier molecular flexibility index (Phi) is 4.31. The number of benzene rings is 1. The van der Waals surface area contributed by atoms with E-state index in [1.54, 1.807) is 0 Å². The number of methoxy groups -OCH3 is 1. The molecular formula is C13H15F2NO3. The molecule has 1 aliphatic heterocycles. The number of ether oxygens (including phenoxy) is 2. The van der Waals surface area contributed by atoms with Gasteiger partial charge in [-0.3, -0.25) is 0 Å². The maximum Gasteiger partial charge on any atom is 0.340 e. The van der Waals surface area contributed by atoms with Gasteiger partial charge >= 0.3 is 5.97 Å². The van der Waals surface area contributed by atoms with Crippen LogP contribution in [0, 0.1) is 11.6 Å². The van der Waals surface area contributed by atoms with Crippen molar-refractivity contribution in [2.24, 2.45) is 0 Å². The maximum atomic E-state index is 13.8. The predicted molar refractivity (Wildman–Crippen MR) is 65.2 cm³/mol. The molecule has 0 amide bonds. The zero-order valence-electron chi connectivity index (χ0n) is 10.5. The standard InChI is InChI=1S/C13H15F2NO3/c1-18-13(17)9-4-5-10(12(15)11(9)14)16-8-3-2-6-19-7-8/h4-5,8,16H,2-3,6-7H2,1H3. The first kappa shape index (κ1) is 13.7. The molecule has 0 saturated carbocycles. The van der Waals surface area contributed by atoms with Gasteiger partial charge in [-0.15, -0.1) is 0 Å². The number of anilines is 1. The van der Waals surface area contributed by atoms with E-state index in [2.05, 4.69) is 10.1 Å². The van der Waals surface area contributed by atoms with Crippen LogP contribution in [0.4, 0.5) is 14.5 Å². The van der Waals surface area contributed by atoms with Crippen LogP contribution in [0.15, 0.2) is 12.1 Å². The minimum atomic E-state index is -1.20. The highest BCUT2D eigenvalue weighted by Gasteiger charge is 2.21. The van der Waals surface area contributed by atoms with Crippen LogP contribution in [-0.4, -0.2) is 32.3 Å². The van der Waals surface area contributed by atoms with Crippen LogP contribution < -0.4 is 5.32 Å². The van der Waals surface area contributed by atoms with Gasteiger partial charge in [0.25, 0.3) is 0 Å². The van der Waals surface area contributed by atoms with Crippen LogP contribution in [0.3, 0.4) is 0 Å². The monoisotopic (exact) mass is 271 g/mol. The van der Waals surface area contributed by atoms with Gasteiger partial charge in [0.2, 0.25) is 0 Å². The Morgan fingerprint density at radius 2 is 2.21 bits per heavy atom. The van der Waals surface area contributed by atoms with E-state index in [0.29, 0.717) is 13.2 Å². The Hall–Kier alpha value is -1.69. The molecule has 0 aliphatic carbocycles. The quantitative estimate of drug-likeness (QED) is 0.857. The molecule has 1 N–H and O–H groups in total. The molecule has 1 aromatic rings. The third-order valence-electron chi connectivity index (χ3n) is 3.01.